The lowest BCUT2D eigenvalue weighted by Gasteiger charge is -2.27. The Bertz CT molecular complexity index is 1180. The quantitative estimate of drug-likeness (QED) is 0.597. The molecule has 0 saturated carbocycles. The maximum absolute atomic E-state index is 13.0. The first-order valence-electron chi connectivity index (χ1n) is 11.0. The van der Waals surface area contributed by atoms with Gasteiger partial charge in [0.25, 0.3) is 11.5 Å². The molecule has 3 aromatic rings. The highest BCUT2D eigenvalue weighted by atomic mass is 16.5. The first kappa shape index (κ1) is 21.9. The minimum atomic E-state index is -0.297. The van der Waals surface area contributed by atoms with Crippen LogP contribution in [0.2, 0.25) is 0 Å². The number of pyridine rings is 1. The molecule has 0 bridgehead atoms. The zero-order chi connectivity index (χ0) is 22.7. The van der Waals surface area contributed by atoms with Crippen LogP contribution < -0.4 is 10.3 Å². The van der Waals surface area contributed by atoms with Crippen molar-refractivity contribution >= 4 is 16.9 Å². The van der Waals surface area contributed by atoms with Crippen LogP contribution in [-0.2, 0) is 18.2 Å². The number of amides is 1. The highest BCUT2D eigenvalue weighted by Gasteiger charge is 2.23. The fraction of sp³-hybridized carbons (Fsp3) is 0.500. The van der Waals surface area contributed by atoms with E-state index in [1.54, 1.807) is 22.7 Å². The Morgan fingerprint density at radius 3 is 2.75 bits per heavy atom. The third-order valence-corrected chi connectivity index (χ3v) is 5.34. The second-order valence-corrected chi connectivity index (χ2v) is 7.76. The Morgan fingerprint density at radius 1 is 1.25 bits per heavy atom. The summed E-state index contributed by atoms with van der Waals surface area (Å²) < 4.78 is 12.7. The van der Waals surface area contributed by atoms with Crippen molar-refractivity contribution in [3.63, 3.8) is 0 Å². The van der Waals surface area contributed by atoms with Crippen LogP contribution in [0.4, 0.5) is 0 Å². The number of nitrogens with one attached hydrogen (secondary N) is 1. The van der Waals surface area contributed by atoms with Crippen LogP contribution in [0, 0.1) is 0 Å². The van der Waals surface area contributed by atoms with Gasteiger partial charge in [0.1, 0.15) is 11.3 Å². The zero-order valence-electron chi connectivity index (χ0n) is 18.7. The molecule has 1 aliphatic rings. The van der Waals surface area contributed by atoms with E-state index in [2.05, 4.69) is 22.0 Å². The standard InChI is InChI=1S/C22H28N6O4/c1-4-6-16-17-18(27(3)26-16)20(29)25-19(24-17)15-12-14(13-23-21(15)32-9-5-2)22(30)28-7-10-31-11-8-28/h12-13H,4-11H2,1-3H3,(H,24,25,29). The molecule has 10 nitrogen and oxygen atoms in total. The van der Waals surface area contributed by atoms with E-state index in [1.165, 1.54) is 6.20 Å². The molecule has 1 fully saturated rings. The van der Waals surface area contributed by atoms with Gasteiger partial charge in [-0.25, -0.2) is 9.97 Å². The summed E-state index contributed by atoms with van der Waals surface area (Å²) in [6.45, 7) is 6.58. The number of aryl methyl sites for hydroxylation is 2. The van der Waals surface area contributed by atoms with Gasteiger partial charge in [0.05, 0.1) is 36.6 Å². The number of rotatable bonds is 7. The number of aromatic amines is 1. The monoisotopic (exact) mass is 440 g/mol. The molecule has 0 spiro atoms. The number of hydrogen-bond acceptors (Lipinski definition) is 7. The Kier molecular flexibility index (Phi) is 6.50. The second-order valence-electron chi connectivity index (χ2n) is 7.76. The zero-order valence-corrected chi connectivity index (χ0v) is 18.7. The Labute approximate surface area is 185 Å². The number of hydrogen-bond donors (Lipinski definition) is 1. The van der Waals surface area contributed by atoms with Gasteiger partial charge in [0, 0.05) is 26.3 Å². The molecule has 4 rings (SSSR count). The van der Waals surface area contributed by atoms with E-state index in [0.29, 0.717) is 73.2 Å². The van der Waals surface area contributed by atoms with Crippen molar-refractivity contribution in [3.05, 3.63) is 33.9 Å². The van der Waals surface area contributed by atoms with Crippen LogP contribution >= 0.6 is 0 Å². The van der Waals surface area contributed by atoms with E-state index in [0.717, 1.165) is 18.5 Å². The van der Waals surface area contributed by atoms with Crippen molar-refractivity contribution in [2.75, 3.05) is 32.9 Å². The minimum Gasteiger partial charge on any atom is -0.477 e. The summed E-state index contributed by atoms with van der Waals surface area (Å²) in [5.41, 5.74) is 2.33. The fourth-order valence-corrected chi connectivity index (χ4v) is 3.78. The molecule has 0 atom stereocenters. The first-order chi connectivity index (χ1) is 15.5. The van der Waals surface area contributed by atoms with Crippen molar-refractivity contribution in [2.45, 2.75) is 33.1 Å². The normalized spacial score (nSPS) is 14.2. The summed E-state index contributed by atoms with van der Waals surface area (Å²) in [4.78, 5) is 39.6. The van der Waals surface area contributed by atoms with Crippen molar-refractivity contribution in [3.8, 4) is 17.3 Å². The third-order valence-electron chi connectivity index (χ3n) is 5.34. The Balaban J connectivity index is 1.82. The Morgan fingerprint density at radius 2 is 2.03 bits per heavy atom. The first-order valence-corrected chi connectivity index (χ1v) is 11.0. The summed E-state index contributed by atoms with van der Waals surface area (Å²) in [5.74, 6) is 0.498. The number of morpholine rings is 1. The summed E-state index contributed by atoms with van der Waals surface area (Å²) in [6.07, 6.45) is 3.89. The molecule has 10 heteroatoms. The molecule has 4 heterocycles. The van der Waals surface area contributed by atoms with Crippen molar-refractivity contribution < 1.29 is 14.3 Å². The van der Waals surface area contributed by atoms with Gasteiger partial charge in [-0.05, 0) is 18.9 Å². The largest absolute Gasteiger partial charge is 0.477 e. The number of carbonyl (C=O) groups excluding carboxylic acids is 1. The van der Waals surface area contributed by atoms with E-state index < -0.39 is 0 Å². The molecule has 1 aliphatic heterocycles. The van der Waals surface area contributed by atoms with Gasteiger partial charge in [-0.2, -0.15) is 5.10 Å². The molecule has 1 saturated heterocycles. The van der Waals surface area contributed by atoms with Crippen LogP contribution in [0.3, 0.4) is 0 Å². The Hall–Kier alpha value is -3.27. The van der Waals surface area contributed by atoms with Crippen LogP contribution in [-0.4, -0.2) is 68.4 Å². The summed E-state index contributed by atoms with van der Waals surface area (Å²) in [7, 11) is 1.73. The van der Waals surface area contributed by atoms with E-state index in [9.17, 15) is 9.59 Å². The predicted octanol–water partition coefficient (Wildman–Crippen LogP) is 1.93. The fourth-order valence-electron chi connectivity index (χ4n) is 3.78. The number of fused-ring (bicyclic) bond motifs is 1. The van der Waals surface area contributed by atoms with E-state index in [4.69, 9.17) is 14.5 Å². The molecule has 1 N–H and O–H groups in total. The minimum absolute atomic E-state index is 0.138. The van der Waals surface area contributed by atoms with Gasteiger partial charge in [-0.3, -0.25) is 14.3 Å². The summed E-state index contributed by atoms with van der Waals surface area (Å²) in [6, 6.07) is 1.69. The highest BCUT2D eigenvalue weighted by Crippen LogP contribution is 2.28. The number of ether oxygens (including phenoxy) is 2. The highest BCUT2D eigenvalue weighted by molar-refractivity contribution is 5.95. The van der Waals surface area contributed by atoms with Gasteiger partial charge in [0.2, 0.25) is 5.88 Å². The number of H-pyrrole nitrogens is 1. The van der Waals surface area contributed by atoms with Crippen LogP contribution in [0.15, 0.2) is 17.1 Å². The molecular weight excluding hydrogens is 412 g/mol. The molecule has 32 heavy (non-hydrogen) atoms. The molecule has 1 amide bonds. The number of carbonyl (C=O) groups is 1. The topological polar surface area (TPSA) is 115 Å². The molecule has 3 aromatic heterocycles. The third kappa shape index (κ3) is 4.22. The summed E-state index contributed by atoms with van der Waals surface area (Å²) >= 11 is 0. The average molecular weight is 441 g/mol. The summed E-state index contributed by atoms with van der Waals surface area (Å²) in [5, 5.41) is 4.47. The maximum atomic E-state index is 13.0. The lowest BCUT2D eigenvalue weighted by Crippen LogP contribution is -2.40. The van der Waals surface area contributed by atoms with Gasteiger partial charge in [-0.1, -0.05) is 20.3 Å². The molecule has 0 unspecified atom stereocenters. The maximum Gasteiger partial charge on any atom is 0.277 e. The van der Waals surface area contributed by atoms with E-state index in [-0.39, 0.29) is 11.5 Å². The molecule has 0 radical (unpaired) electrons. The van der Waals surface area contributed by atoms with E-state index in [1.807, 2.05) is 6.92 Å². The SMILES string of the molecule is CCCOc1ncc(C(=O)N2CCOCC2)cc1-c1nc2c(CCC)nn(C)c2c(=O)[nH]1. The van der Waals surface area contributed by atoms with E-state index >= 15 is 0 Å². The van der Waals surface area contributed by atoms with Gasteiger partial charge in [-0.15, -0.1) is 0 Å². The molecule has 0 aromatic carbocycles. The van der Waals surface area contributed by atoms with Crippen LogP contribution in [0.1, 0.15) is 42.7 Å². The molecule has 0 aliphatic carbocycles. The van der Waals surface area contributed by atoms with Gasteiger partial charge >= 0.3 is 0 Å². The van der Waals surface area contributed by atoms with Crippen molar-refractivity contribution in [1.29, 1.82) is 0 Å². The van der Waals surface area contributed by atoms with Gasteiger partial charge < -0.3 is 19.4 Å². The second kappa shape index (κ2) is 9.47. The predicted molar refractivity (Wildman–Crippen MR) is 119 cm³/mol. The number of aromatic nitrogens is 5. The molecule has 170 valence electrons. The van der Waals surface area contributed by atoms with Gasteiger partial charge in [0.15, 0.2) is 5.52 Å². The lowest BCUT2D eigenvalue weighted by atomic mass is 10.1. The molecular formula is C22H28N6O4. The number of nitrogens with zero attached hydrogens (tertiary/aromatic N) is 5. The average Bonchev–Trinajstić information content (AvgIpc) is 3.13. The van der Waals surface area contributed by atoms with Crippen LogP contribution in [0.25, 0.3) is 22.4 Å². The van der Waals surface area contributed by atoms with Crippen molar-refractivity contribution in [1.82, 2.24) is 29.6 Å². The van der Waals surface area contributed by atoms with Crippen molar-refractivity contribution in [2.24, 2.45) is 7.05 Å². The smallest absolute Gasteiger partial charge is 0.277 e. The van der Waals surface area contributed by atoms with Crippen LogP contribution in [0.5, 0.6) is 5.88 Å². The lowest BCUT2D eigenvalue weighted by molar-refractivity contribution is 0.0302.